The molecule has 0 saturated heterocycles. The quantitative estimate of drug-likeness (QED) is 0.789. The fraction of sp³-hybridized carbons (Fsp3) is 0.250. The van der Waals surface area contributed by atoms with Gasteiger partial charge in [-0.25, -0.2) is 4.98 Å². The maximum absolute atomic E-state index is 5.60. The smallest absolute Gasteiger partial charge is 0.184 e. The standard InChI is InChI=1S/C12H14N4/c1-7-4-5-10(9(3)8(7)2)12-15-11(13)6-14-16-12/h4-6H,1-3H3,(H2,13,15,16). The van der Waals surface area contributed by atoms with Gasteiger partial charge >= 0.3 is 0 Å². The van der Waals surface area contributed by atoms with Gasteiger partial charge in [-0.2, -0.15) is 5.10 Å². The Morgan fingerprint density at radius 3 is 2.50 bits per heavy atom. The summed E-state index contributed by atoms with van der Waals surface area (Å²) in [4.78, 5) is 4.18. The molecule has 0 fully saturated rings. The molecule has 0 aliphatic carbocycles. The van der Waals surface area contributed by atoms with Gasteiger partial charge in [0.2, 0.25) is 0 Å². The molecular weight excluding hydrogens is 200 g/mol. The van der Waals surface area contributed by atoms with Crippen LogP contribution in [0, 0.1) is 20.8 Å². The van der Waals surface area contributed by atoms with Crippen molar-refractivity contribution in [3.05, 3.63) is 35.0 Å². The maximum Gasteiger partial charge on any atom is 0.184 e. The van der Waals surface area contributed by atoms with E-state index in [0.717, 1.165) is 5.56 Å². The van der Waals surface area contributed by atoms with Crippen molar-refractivity contribution >= 4 is 5.82 Å². The molecule has 0 saturated carbocycles. The van der Waals surface area contributed by atoms with Crippen LogP contribution >= 0.6 is 0 Å². The molecule has 2 aromatic rings. The van der Waals surface area contributed by atoms with E-state index in [1.807, 2.05) is 6.07 Å². The van der Waals surface area contributed by atoms with Crippen molar-refractivity contribution in [1.29, 1.82) is 0 Å². The fourth-order valence-electron chi connectivity index (χ4n) is 1.63. The largest absolute Gasteiger partial charge is 0.382 e. The number of aromatic nitrogens is 3. The first-order valence-electron chi connectivity index (χ1n) is 5.12. The summed E-state index contributed by atoms with van der Waals surface area (Å²) >= 11 is 0. The van der Waals surface area contributed by atoms with Gasteiger partial charge in [0.25, 0.3) is 0 Å². The Morgan fingerprint density at radius 1 is 1.06 bits per heavy atom. The Bertz CT molecular complexity index is 535. The van der Waals surface area contributed by atoms with Gasteiger partial charge in [0, 0.05) is 5.56 Å². The van der Waals surface area contributed by atoms with Crippen LogP contribution in [-0.4, -0.2) is 15.2 Å². The molecule has 1 aromatic heterocycles. The number of nitrogen functional groups attached to an aromatic ring is 1. The second kappa shape index (κ2) is 3.89. The van der Waals surface area contributed by atoms with E-state index in [-0.39, 0.29) is 0 Å². The lowest BCUT2D eigenvalue weighted by atomic mass is 9.98. The van der Waals surface area contributed by atoms with Gasteiger partial charge in [-0.05, 0) is 37.5 Å². The molecule has 0 aliphatic rings. The molecule has 4 nitrogen and oxygen atoms in total. The first kappa shape index (κ1) is 10.5. The van der Waals surface area contributed by atoms with Crippen molar-refractivity contribution in [3.8, 4) is 11.4 Å². The van der Waals surface area contributed by atoms with Gasteiger partial charge in [-0.15, -0.1) is 5.10 Å². The molecular formula is C12H14N4. The normalized spacial score (nSPS) is 10.4. The van der Waals surface area contributed by atoms with Gasteiger partial charge < -0.3 is 5.73 Å². The molecule has 1 aromatic carbocycles. The van der Waals surface area contributed by atoms with E-state index in [9.17, 15) is 0 Å². The minimum absolute atomic E-state index is 0.391. The summed E-state index contributed by atoms with van der Waals surface area (Å²) in [6.45, 7) is 6.24. The Morgan fingerprint density at radius 2 is 1.81 bits per heavy atom. The minimum Gasteiger partial charge on any atom is -0.382 e. The summed E-state index contributed by atoms with van der Waals surface area (Å²) in [6, 6.07) is 4.07. The predicted octanol–water partition coefficient (Wildman–Crippen LogP) is 2.05. The molecule has 0 radical (unpaired) electrons. The van der Waals surface area contributed by atoms with E-state index in [1.165, 1.54) is 22.9 Å². The van der Waals surface area contributed by atoms with Crippen molar-refractivity contribution in [2.45, 2.75) is 20.8 Å². The summed E-state index contributed by atoms with van der Waals surface area (Å²) in [7, 11) is 0. The summed E-state index contributed by atoms with van der Waals surface area (Å²) in [6.07, 6.45) is 1.44. The average Bonchev–Trinajstić information content (AvgIpc) is 2.26. The minimum atomic E-state index is 0.391. The molecule has 82 valence electrons. The van der Waals surface area contributed by atoms with Gasteiger partial charge in [-0.1, -0.05) is 12.1 Å². The average molecular weight is 214 g/mol. The molecule has 2 rings (SSSR count). The molecule has 0 unspecified atom stereocenters. The highest BCUT2D eigenvalue weighted by atomic mass is 15.2. The highest BCUT2D eigenvalue weighted by molar-refractivity contribution is 5.63. The van der Waals surface area contributed by atoms with Crippen LogP contribution in [0.5, 0.6) is 0 Å². The van der Waals surface area contributed by atoms with Crippen molar-refractivity contribution in [1.82, 2.24) is 15.2 Å². The third-order valence-electron chi connectivity index (χ3n) is 2.88. The monoisotopic (exact) mass is 214 g/mol. The SMILES string of the molecule is Cc1ccc(-c2nncc(N)n2)c(C)c1C. The Labute approximate surface area is 94.6 Å². The number of benzene rings is 1. The van der Waals surface area contributed by atoms with Crippen LogP contribution in [0.4, 0.5) is 5.82 Å². The molecule has 16 heavy (non-hydrogen) atoms. The number of nitrogens with two attached hydrogens (primary N) is 1. The van der Waals surface area contributed by atoms with Crippen LogP contribution in [0.3, 0.4) is 0 Å². The van der Waals surface area contributed by atoms with Crippen LogP contribution in [0.1, 0.15) is 16.7 Å². The van der Waals surface area contributed by atoms with E-state index in [1.54, 1.807) is 0 Å². The van der Waals surface area contributed by atoms with Crippen LogP contribution in [0.25, 0.3) is 11.4 Å². The number of hydrogen-bond donors (Lipinski definition) is 1. The molecule has 4 heteroatoms. The molecule has 0 spiro atoms. The van der Waals surface area contributed by atoms with Crippen molar-refractivity contribution < 1.29 is 0 Å². The van der Waals surface area contributed by atoms with Crippen molar-refractivity contribution in [2.24, 2.45) is 0 Å². The zero-order valence-corrected chi connectivity index (χ0v) is 9.65. The maximum atomic E-state index is 5.60. The molecule has 2 N–H and O–H groups in total. The van der Waals surface area contributed by atoms with Crippen LogP contribution in [0.2, 0.25) is 0 Å². The molecule has 1 heterocycles. The highest BCUT2D eigenvalue weighted by Gasteiger charge is 2.09. The van der Waals surface area contributed by atoms with E-state index < -0.39 is 0 Å². The van der Waals surface area contributed by atoms with Gasteiger partial charge in [0.15, 0.2) is 5.82 Å². The lowest BCUT2D eigenvalue weighted by Gasteiger charge is -2.09. The second-order valence-electron chi connectivity index (χ2n) is 3.88. The number of nitrogens with zero attached hydrogens (tertiary/aromatic N) is 3. The van der Waals surface area contributed by atoms with E-state index in [2.05, 4.69) is 42.0 Å². The summed E-state index contributed by atoms with van der Waals surface area (Å²) in [5.74, 6) is 0.975. The van der Waals surface area contributed by atoms with Crippen LogP contribution in [-0.2, 0) is 0 Å². The molecule has 0 aliphatic heterocycles. The lowest BCUT2D eigenvalue weighted by Crippen LogP contribution is -2.00. The molecule has 0 atom stereocenters. The first-order valence-corrected chi connectivity index (χ1v) is 5.12. The van der Waals surface area contributed by atoms with E-state index in [4.69, 9.17) is 5.73 Å². The van der Waals surface area contributed by atoms with Gasteiger partial charge in [-0.3, -0.25) is 0 Å². The summed E-state index contributed by atoms with van der Waals surface area (Å²) in [5.41, 5.74) is 10.3. The van der Waals surface area contributed by atoms with Crippen LogP contribution < -0.4 is 5.73 Å². The third kappa shape index (κ3) is 1.74. The highest BCUT2D eigenvalue weighted by Crippen LogP contribution is 2.24. The third-order valence-corrected chi connectivity index (χ3v) is 2.88. The second-order valence-corrected chi connectivity index (χ2v) is 3.88. The molecule has 0 amide bonds. The van der Waals surface area contributed by atoms with Crippen molar-refractivity contribution in [3.63, 3.8) is 0 Å². The van der Waals surface area contributed by atoms with Crippen molar-refractivity contribution in [2.75, 3.05) is 5.73 Å². The Hall–Kier alpha value is -1.97. The zero-order valence-electron chi connectivity index (χ0n) is 9.65. The lowest BCUT2D eigenvalue weighted by molar-refractivity contribution is 0.983. The topological polar surface area (TPSA) is 64.7 Å². The number of aryl methyl sites for hydroxylation is 1. The Balaban J connectivity index is 2.61. The number of hydrogen-bond acceptors (Lipinski definition) is 4. The summed E-state index contributed by atoms with van der Waals surface area (Å²) < 4.78 is 0. The zero-order chi connectivity index (χ0) is 11.7. The summed E-state index contributed by atoms with van der Waals surface area (Å²) in [5, 5.41) is 7.82. The van der Waals surface area contributed by atoms with Gasteiger partial charge in [0.05, 0.1) is 6.20 Å². The molecule has 0 bridgehead atoms. The van der Waals surface area contributed by atoms with E-state index in [0.29, 0.717) is 11.6 Å². The fourth-order valence-corrected chi connectivity index (χ4v) is 1.63. The van der Waals surface area contributed by atoms with Gasteiger partial charge in [0.1, 0.15) is 5.82 Å². The predicted molar refractivity (Wildman–Crippen MR) is 63.9 cm³/mol. The van der Waals surface area contributed by atoms with Crippen LogP contribution in [0.15, 0.2) is 18.3 Å². The number of anilines is 1. The van der Waals surface area contributed by atoms with E-state index >= 15 is 0 Å². The first-order chi connectivity index (χ1) is 7.59. The number of rotatable bonds is 1. The Kier molecular flexibility index (Phi) is 2.56.